The second-order valence-electron chi connectivity index (χ2n) is 0.796. The van der Waals surface area contributed by atoms with E-state index in [2.05, 4.69) is 4.62 Å². The van der Waals surface area contributed by atoms with E-state index in [1.54, 1.807) is 0 Å². The fourth-order valence-electron chi connectivity index (χ4n) is 0.0868. The van der Waals surface area contributed by atoms with E-state index in [1.165, 1.54) is 0 Å². The van der Waals surface area contributed by atoms with Crippen LogP contribution in [0.2, 0.25) is 0 Å². The van der Waals surface area contributed by atoms with E-state index in [0.29, 0.717) is 0 Å². The number of rotatable bonds is 2. The first-order chi connectivity index (χ1) is 3.42. The van der Waals surface area contributed by atoms with Crippen molar-refractivity contribution in [3.63, 3.8) is 0 Å². The molecule has 0 aromatic heterocycles. The Kier molecular flexibility index (Phi) is 6.67. The normalized spacial score (nSPS) is 9.56. The van der Waals surface area contributed by atoms with E-state index < -0.39 is 12.9 Å². The zero-order valence-corrected chi connectivity index (χ0v) is 4.32. The zero-order chi connectivity index (χ0) is 6.78. The molecule has 9 heavy (non-hydrogen) atoms. The molecule has 0 aromatic carbocycles. The van der Waals surface area contributed by atoms with Crippen molar-refractivity contribution in [2.24, 2.45) is 0 Å². The average Bonchev–Trinajstić information content (AvgIpc) is 1.21. The molecule has 0 unspecified atom stereocenters. The van der Waals surface area contributed by atoms with Gasteiger partial charge in [-0.3, -0.25) is 0 Å². The first kappa shape index (κ1) is 12.6. The van der Waals surface area contributed by atoms with Gasteiger partial charge in [-0.2, -0.15) is 4.62 Å². The van der Waals surface area contributed by atoms with Crippen molar-refractivity contribution in [3.05, 3.63) is 10.1 Å². The topological polar surface area (TPSA) is 110 Å². The predicted molar refractivity (Wildman–Crippen MR) is 27.3 cm³/mol. The van der Waals surface area contributed by atoms with Crippen molar-refractivity contribution < 1.29 is 24.1 Å². The number of hydrogen-bond acceptors (Lipinski definition) is 4. The van der Waals surface area contributed by atoms with Crippen LogP contribution in [-0.4, -0.2) is 66.3 Å². The van der Waals surface area contributed by atoms with Gasteiger partial charge in [0, 0.05) is 0 Å². The minimum absolute atomic E-state index is 0. The van der Waals surface area contributed by atoms with Crippen LogP contribution in [0.5, 0.6) is 0 Å². The molecule has 9 heteroatoms. The van der Waals surface area contributed by atoms with Crippen LogP contribution in [0.15, 0.2) is 0 Å². The molecule has 7 nitrogen and oxygen atoms in total. The summed E-state index contributed by atoms with van der Waals surface area (Å²) in [6.45, 7) is 0. The van der Waals surface area contributed by atoms with E-state index in [1.807, 2.05) is 0 Å². The summed E-state index contributed by atoms with van der Waals surface area (Å²) < 4.78 is 12.3. The monoisotopic (exact) mass is 183 g/mol. The van der Waals surface area contributed by atoms with Crippen molar-refractivity contribution in [1.82, 2.24) is 0 Å². The van der Waals surface area contributed by atoms with Crippen LogP contribution in [-0.2, 0) is 9.19 Å². The molecule has 0 heterocycles. The molecule has 0 bridgehead atoms. The van der Waals surface area contributed by atoms with Gasteiger partial charge in [0.25, 0.3) is 0 Å². The summed E-state index contributed by atoms with van der Waals surface area (Å²) in [4.78, 5) is 24.4. The summed E-state index contributed by atoms with van der Waals surface area (Å²) >= 11 is 0. The fraction of sp³-hybridized carbons (Fsp3) is 0. The number of nitrogens with zero attached hydrogens (tertiary/aromatic N) is 1. The van der Waals surface area contributed by atoms with Crippen molar-refractivity contribution in [3.8, 4) is 0 Å². The van der Waals surface area contributed by atoms with Crippen molar-refractivity contribution in [2.45, 2.75) is 0 Å². The molecule has 0 amide bonds. The second kappa shape index (κ2) is 4.75. The van der Waals surface area contributed by atoms with E-state index in [0.717, 1.165) is 0 Å². The predicted octanol–water partition coefficient (Wildman–Crippen LogP) is -1.36. The summed E-state index contributed by atoms with van der Waals surface area (Å²) in [7, 11) is -4.92. The van der Waals surface area contributed by atoms with Crippen LogP contribution in [0.3, 0.4) is 0 Å². The molecular formula is H3KNO6P. The van der Waals surface area contributed by atoms with E-state index in [-0.39, 0.29) is 51.4 Å². The Bertz CT molecular complexity index is 136. The molecule has 0 atom stereocenters. The Labute approximate surface area is 92.2 Å². The molecule has 2 N–H and O–H groups in total. The molecular weight excluding hydrogens is 180 g/mol. The van der Waals surface area contributed by atoms with Gasteiger partial charge in [-0.15, -0.1) is 10.1 Å². The van der Waals surface area contributed by atoms with Gasteiger partial charge in [-0.1, -0.05) is 0 Å². The van der Waals surface area contributed by atoms with Gasteiger partial charge in [-0.25, -0.2) is 4.57 Å². The Hall–Kier alpha value is 0.986. The van der Waals surface area contributed by atoms with Gasteiger partial charge in [0.05, 0.1) is 0 Å². The summed E-state index contributed by atoms with van der Waals surface area (Å²) in [6, 6.07) is 0. The first-order valence-electron chi connectivity index (χ1n) is 1.31. The summed E-state index contributed by atoms with van der Waals surface area (Å²) in [6.07, 6.45) is 0. The third-order valence-electron chi connectivity index (χ3n) is 0.173. The van der Waals surface area contributed by atoms with Crippen LogP contribution in [0.4, 0.5) is 0 Å². The van der Waals surface area contributed by atoms with Gasteiger partial charge in [0.15, 0.2) is 0 Å². The van der Waals surface area contributed by atoms with Crippen LogP contribution >= 0.6 is 7.82 Å². The van der Waals surface area contributed by atoms with Crippen LogP contribution in [0, 0.1) is 10.1 Å². The third kappa shape index (κ3) is 12.2. The summed E-state index contributed by atoms with van der Waals surface area (Å²) in [5.41, 5.74) is 0. The Balaban J connectivity index is 0. The molecule has 50 valence electrons. The zero-order valence-electron chi connectivity index (χ0n) is 3.42. The number of phosphoric acid groups is 1. The standard InChI is InChI=1S/K.H2NO6P.H/c;2-1(3)7-8(4,5)6;/h;(H2,4,5,6);. The summed E-state index contributed by atoms with van der Waals surface area (Å²) in [5.74, 6) is 0. The number of hydrogen-bond donors (Lipinski definition) is 2. The third-order valence-corrected chi connectivity index (χ3v) is 0.519. The molecule has 0 aliphatic rings. The van der Waals surface area contributed by atoms with Gasteiger partial charge < -0.3 is 9.79 Å². The van der Waals surface area contributed by atoms with Crippen LogP contribution in [0.25, 0.3) is 0 Å². The van der Waals surface area contributed by atoms with E-state index >= 15 is 0 Å². The van der Waals surface area contributed by atoms with Gasteiger partial charge in [0.2, 0.25) is 0 Å². The minimum atomic E-state index is -4.92. The van der Waals surface area contributed by atoms with Gasteiger partial charge >= 0.3 is 64.3 Å². The van der Waals surface area contributed by atoms with Gasteiger partial charge in [-0.05, 0) is 0 Å². The van der Waals surface area contributed by atoms with Crippen LogP contribution < -0.4 is 0 Å². The fourth-order valence-corrected chi connectivity index (χ4v) is 0.261. The Morgan fingerprint density at radius 2 is 1.89 bits per heavy atom. The molecule has 0 aliphatic heterocycles. The van der Waals surface area contributed by atoms with Crippen molar-refractivity contribution >= 4 is 59.2 Å². The molecule has 0 rings (SSSR count). The van der Waals surface area contributed by atoms with Crippen LogP contribution in [0.1, 0.15) is 0 Å². The molecule has 0 saturated carbocycles. The SMILES string of the molecule is O=[N+]([O-])OP(=O)(O)O.[KH]. The van der Waals surface area contributed by atoms with Crippen molar-refractivity contribution in [1.29, 1.82) is 0 Å². The van der Waals surface area contributed by atoms with E-state index in [9.17, 15) is 4.57 Å². The first-order valence-corrected chi connectivity index (χ1v) is 2.84. The van der Waals surface area contributed by atoms with Gasteiger partial charge in [0.1, 0.15) is 0 Å². The molecule has 0 aliphatic carbocycles. The second-order valence-corrected chi connectivity index (χ2v) is 1.94. The molecule has 0 fully saturated rings. The maximum atomic E-state index is 9.47. The quantitative estimate of drug-likeness (QED) is 0.237. The van der Waals surface area contributed by atoms with E-state index in [4.69, 9.17) is 19.9 Å². The molecule has 0 aromatic rings. The Morgan fingerprint density at radius 1 is 1.56 bits per heavy atom. The molecule has 0 spiro atoms. The Morgan fingerprint density at radius 3 is 1.89 bits per heavy atom. The molecule has 0 saturated heterocycles. The molecule has 0 radical (unpaired) electrons. The summed E-state index contributed by atoms with van der Waals surface area (Å²) in [5, 5.41) is 7.55. The average molecular weight is 183 g/mol. The van der Waals surface area contributed by atoms with Crippen molar-refractivity contribution in [2.75, 3.05) is 0 Å². The maximum absolute atomic E-state index is 9.47.